The second-order valence-electron chi connectivity index (χ2n) is 21.9. The van der Waals surface area contributed by atoms with Crippen LogP contribution in [0.5, 0.6) is 0 Å². The van der Waals surface area contributed by atoms with Crippen molar-refractivity contribution in [2.75, 3.05) is 40.9 Å². The summed E-state index contributed by atoms with van der Waals surface area (Å²) in [5, 5.41) is 3.02. The maximum atomic E-state index is 13.5. The predicted octanol–water partition coefficient (Wildman–Crippen LogP) is 18.0. The minimum Gasteiger partial charge on any atom is -0.756 e. The lowest BCUT2D eigenvalue weighted by atomic mass is 10.0. The summed E-state index contributed by atoms with van der Waals surface area (Å²) >= 11 is 0. The Balaban J connectivity index is 5.13. The van der Waals surface area contributed by atoms with Crippen molar-refractivity contribution < 1.29 is 37.3 Å². The number of quaternary nitrogens is 1. The third-order valence-electron chi connectivity index (χ3n) is 13.5. The molecule has 0 aliphatic heterocycles. The van der Waals surface area contributed by atoms with Gasteiger partial charge < -0.3 is 28.5 Å². The van der Waals surface area contributed by atoms with Crippen LogP contribution in [0.3, 0.4) is 0 Å². The summed E-state index contributed by atoms with van der Waals surface area (Å²) in [4.78, 5) is 39.9. The summed E-state index contributed by atoms with van der Waals surface area (Å²) in [7, 11) is 1.17. The summed E-state index contributed by atoms with van der Waals surface area (Å²) in [6, 6.07) is -0.896. The summed E-state index contributed by atoms with van der Waals surface area (Å²) in [6.07, 6.45) is 66.3. The van der Waals surface area contributed by atoms with E-state index in [2.05, 4.69) is 74.7 Å². The first-order chi connectivity index (χ1) is 35.4. The normalized spacial score (nSPS) is 14.1. The van der Waals surface area contributed by atoms with Crippen LogP contribution in [-0.4, -0.2) is 69.4 Å². The number of ether oxygens (including phenoxy) is 1. The number of nitrogens with one attached hydrogen (secondary N) is 1. The Morgan fingerprint density at radius 1 is 0.493 bits per heavy atom. The van der Waals surface area contributed by atoms with E-state index in [9.17, 15) is 19.0 Å². The number of amides is 1. The van der Waals surface area contributed by atoms with Gasteiger partial charge >= 0.3 is 5.97 Å². The number of hydrogen-bond donors (Lipinski definition) is 1. The first-order valence-electron chi connectivity index (χ1n) is 30.6. The van der Waals surface area contributed by atoms with E-state index in [-0.39, 0.29) is 24.9 Å². The minimum atomic E-state index is -4.70. The predicted molar refractivity (Wildman–Crippen MR) is 312 cm³/mol. The van der Waals surface area contributed by atoms with Crippen LogP contribution in [0.15, 0.2) is 60.8 Å². The van der Waals surface area contributed by atoms with E-state index in [0.717, 1.165) is 77.0 Å². The lowest BCUT2D eigenvalue weighted by Gasteiger charge is -2.30. The quantitative estimate of drug-likeness (QED) is 0.0161. The van der Waals surface area contributed by atoms with Gasteiger partial charge in [0.25, 0.3) is 7.82 Å². The number of nitrogens with zero attached hydrogens (tertiary/aromatic N) is 1. The Morgan fingerprint density at radius 3 is 1.34 bits per heavy atom. The molecule has 0 aliphatic carbocycles. The van der Waals surface area contributed by atoms with Gasteiger partial charge in [-0.1, -0.05) is 249 Å². The number of phosphoric ester groups is 1. The molecule has 0 saturated heterocycles. The summed E-state index contributed by atoms with van der Waals surface area (Å²) in [6.45, 7) is 6.70. The van der Waals surface area contributed by atoms with Crippen molar-refractivity contribution >= 4 is 19.7 Å². The molecule has 0 saturated carbocycles. The summed E-state index contributed by atoms with van der Waals surface area (Å²) in [5.74, 6) is -0.561. The standard InChI is InChI=1S/C63H117N2O7P/c1-7-10-13-16-19-22-25-27-28-29-30-31-32-33-34-35-36-38-40-43-46-49-52-55-62(66)64-60(59-71-73(68,69)70-58-57-65(4,5)6)61(54-51-48-45-42-39-24-21-18-15-12-9-3)72-63(67)56-53-50-47-44-41-37-26-23-20-17-14-11-8-2/h11,14,17,20,23,26-28,51,54,60-61H,7-10,12-13,15-16,18-19,21-22,24-25,29-50,52-53,55-59H2,1-6H3,(H-,64,66,68,69)/b14-11+,20-17+,26-23-,28-27+,54-51-. The molecule has 1 amide bonds. The number of hydrogen-bond acceptors (Lipinski definition) is 7. The lowest BCUT2D eigenvalue weighted by Crippen LogP contribution is -2.47. The van der Waals surface area contributed by atoms with E-state index in [1.165, 1.54) is 161 Å². The van der Waals surface area contributed by atoms with Gasteiger partial charge in [-0.05, 0) is 76.7 Å². The Labute approximate surface area is 451 Å². The summed E-state index contributed by atoms with van der Waals surface area (Å²) in [5.41, 5.74) is 0. The second-order valence-corrected chi connectivity index (χ2v) is 23.3. The van der Waals surface area contributed by atoms with E-state index in [0.29, 0.717) is 23.9 Å². The van der Waals surface area contributed by atoms with Gasteiger partial charge in [-0.15, -0.1) is 0 Å². The van der Waals surface area contributed by atoms with E-state index in [1.54, 1.807) is 0 Å². The fourth-order valence-corrected chi connectivity index (χ4v) is 9.48. The Kier molecular flexibility index (Phi) is 51.5. The van der Waals surface area contributed by atoms with Crippen LogP contribution in [0.4, 0.5) is 0 Å². The highest BCUT2D eigenvalue weighted by Crippen LogP contribution is 2.38. The zero-order valence-corrected chi connectivity index (χ0v) is 49.5. The maximum Gasteiger partial charge on any atom is 0.306 e. The topological polar surface area (TPSA) is 114 Å². The van der Waals surface area contributed by atoms with Crippen LogP contribution < -0.4 is 10.2 Å². The molecule has 426 valence electrons. The molecule has 0 radical (unpaired) electrons. The Hall–Kier alpha value is -2.29. The molecule has 0 heterocycles. The molecule has 0 fully saturated rings. The third-order valence-corrected chi connectivity index (χ3v) is 14.5. The van der Waals surface area contributed by atoms with E-state index in [1.807, 2.05) is 33.3 Å². The molecule has 0 aliphatic rings. The molecule has 9 nitrogen and oxygen atoms in total. The van der Waals surface area contributed by atoms with Crippen LogP contribution in [0.1, 0.15) is 278 Å². The molecule has 0 spiro atoms. The Morgan fingerprint density at radius 2 is 0.890 bits per heavy atom. The van der Waals surface area contributed by atoms with Crippen LogP contribution in [0.2, 0.25) is 0 Å². The smallest absolute Gasteiger partial charge is 0.306 e. The van der Waals surface area contributed by atoms with Crippen LogP contribution >= 0.6 is 7.82 Å². The molecule has 0 aromatic rings. The summed E-state index contributed by atoms with van der Waals surface area (Å²) < 4.78 is 30.2. The van der Waals surface area contributed by atoms with Gasteiger partial charge in [0.2, 0.25) is 5.91 Å². The van der Waals surface area contributed by atoms with Crippen molar-refractivity contribution in [1.82, 2.24) is 5.32 Å². The van der Waals surface area contributed by atoms with Gasteiger partial charge in [-0.2, -0.15) is 0 Å². The van der Waals surface area contributed by atoms with Crippen molar-refractivity contribution in [2.24, 2.45) is 0 Å². The molecule has 73 heavy (non-hydrogen) atoms. The maximum absolute atomic E-state index is 13.5. The lowest BCUT2D eigenvalue weighted by molar-refractivity contribution is -0.870. The monoisotopic (exact) mass is 1040 g/mol. The molecule has 3 unspecified atom stereocenters. The number of carbonyl (C=O) groups is 2. The van der Waals surface area contributed by atoms with Crippen LogP contribution in [0, 0.1) is 0 Å². The average Bonchev–Trinajstić information content (AvgIpc) is 3.35. The average molecular weight is 1050 g/mol. The van der Waals surface area contributed by atoms with Gasteiger partial charge in [0.1, 0.15) is 19.3 Å². The molecular weight excluding hydrogens is 928 g/mol. The fraction of sp³-hybridized carbons (Fsp3) is 0.810. The number of allylic oxidation sites excluding steroid dienone is 9. The Bertz CT molecular complexity index is 1440. The van der Waals surface area contributed by atoms with Gasteiger partial charge in [-0.3, -0.25) is 14.2 Å². The number of unbranched alkanes of at least 4 members (excludes halogenated alkanes) is 33. The first-order valence-corrected chi connectivity index (χ1v) is 32.1. The van der Waals surface area contributed by atoms with Crippen LogP contribution in [-0.2, 0) is 27.9 Å². The van der Waals surface area contributed by atoms with E-state index in [4.69, 9.17) is 13.8 Å². The first kappa shape index (κ1) is 70.7. The van der Waals surface area contributed by atoms with E-state index < -0.39 is 26.6 Å². The van der Waals surface area contributed by atoms with Gasteiger partial charge in [0.15, 0.2) is 0 Å². The molecular formula is C63H117N2O7P. The largest absolute Gasteiger partial charge is 0.756 e. The van der Waals surface area contributed by atoms with Gasteiger partial charge in [0, 0.05) is 12.8 Å². The molecule has 0 aromatic carbocycles. The highest BCUT2D eigenvalue weighted by atomic mass is 31.2. The molecule has 10 heteroatoms. The molecule has 0 aromatic heterocycles. The SMILES string of the molecule is CC/C=C/C=C/C=C\CCCCCCCC(=O)OC(/C=C\CCCCCCCCCCC)C(COP(=O)([O-])OCC[N+](C)(C)C)NC(=O)CCCCCCCCCCCCCCC/C=C/CCCCCCCC. The highest BCUT2D eigenvalue weighted by Gasteiger charge is 2.27. The molecule has 0 rings (SSSR count). The zero-order chi connectivity index (χ0) is 53.6. The van der Waals surface area contributed by atoms with E-state index >= 15 is 0 Å². The van der Waals surface area contributed by atoms with Gasteiger partial charge in [-0.25, -0.2) is 0 Å². The number of carbonyl (C=O) groups excluding carboxylic acids is 2. The minimum absolute atomic E-state index is 0.0266. The number of esters is 1. The molecule has 1 N–H and O–H groups in total. The number of likely N-dealkylation sites (N-methyl/N-ethyl adjacent to an activating group) is 1. The van der Waals surface area contributed by atoms with Crippen molar-refractivity contribution in [3.05, 3.63) is 60.8 Å². The third kappa shape index (κ3) is 54.3. The zero-order valence-electron chi connectivity index (χ0n) is 48.6. The van der Waals surface area contributed by atoms with Crippen molar-refractivity contribution in [3.8, 4) is 0 Å². The second kappa shape index (κ2) is 53.1. The van der Waals surface area contributed by atoms with Gasteiger partial charge in [0.05, 0.1) is 33.8 Å². The van der Waals surface area contributed by atoms with Crippen LogP contribution in [0.25, 0.3) is 0 Å². The number of rotatable bonds is 55. The van der Waals surface area contributed by atoms with Crippen molar-refractivity contribution in [3.63, 3.8) is 0 Å². The fourth-order valence-electron chi connectivity index (χ4n) is 8.75. The highest BCUT2D eigenvalue weighted by molar-refractivity contribution is 7.45. The number of phosphoric acid groups is 1. The molecule has 0 bridgehead atoms. The van der Waals surface area contributed by atoms with Crippen molar-refractivity contribution in [1.29, 1.82) is 0 Å². The van der Waals surface area contributed by atoms with Crippen molar-refractivity contribution in [2.45, 2.75) is 290 Å². The molecule has 3 atom stereocenters.